The molecule has 1 aliphatic carbocycles. The van der Waals surface area contributed by atoms with Crippen LogP contribution >= 0.6 is 0 Å². The van der Waals surface area contributed by atoms with Gasteiger partial charge < -0.3 is 15.5 Å². The van der Waals surface area contributed by atoms with Crippen molar-refractivity contribution in [2.75, 3.05) is 38.0 Å². The van der Waals surface area contributed by atoms with E-state index in [0.717, 1.165) is 50.6 Å². The lowest BCUT2D eigenvalue weighted by Gasteiger charge is -2.27. The van der Waals surface area contributed by atoms with E-state index in [1.54, 1.807) is 0 Å². The average molecular weight is 460 g/mol. The van der Waals surface area contributed by atoms with Crippen molar-refractivity contribution in [2.24, 2.45) is 5.92 Å². The molecule has 4 rings (SSSR count). The van der Waals surface area contributed by atoms with Gasteiger partial charge in [-0.15, -0.1) is 0 Å². The molecule has 2 N–H and O–H groups in total. The van der Waals surface area contributed by atoms with Gasteiger partial charge in [0.15, 0.2) is 0 Å². The molecule has 0 aromatic heterocycles. The molecular formula is C30H41N3O. The van der Waals surface area contributed by atoms with E-state index in [1.807, 2.05) is 30.9 Å². The Morgan fingerprint density at radius 2 is 1.71 bits per heavy atom. The molecule has 2 fully saturated rings. The summed E-state index contributed by atoms with van der Waals surface area (Å²) in [5, 5.41) is 7.24. The highest BCUT2D eigenvalue weighted by atomic mass is 16.2. The summed E-state index contributed by atoms with van der Waals surface area (Å²) >= 11 is 0. The van der Waals surface area contributed by atoms with Gasteiger partial charge in [-0.3, -0.25) is 4.79 Å². The lowest BCUT2D eigenvalue weighted by atomic mass is 9.85. The summed E-state index contributed by atoms with van der Waals surface area (Å²) in [6.07, 6.45) is 10.3. The molecule has 2 aromatic rings. The standard InChI is InChI=1S/C30H41N3O/c1-3-33(4-2)30(34)26-12-10-23(11-13-26)20-27-18-19-31-22-29(27)25-14-16-28(17-15-25)32-21-24-8-6-5-7-9-24/h10-17,20,24,29,31-32H,3-9,18-19,21-22H2,1-2H3. The van der Waals surface area contributed by atoms with E-state index in [-0.39, 0.29) is 5.91 Å². The second-order valence-electron chi connectivity index (χ2n) is 9.83. The Balaban J connectivity index is 1.42. The molecule has 1 heterocycles. The predicted molar refractivity (Wildman–Crippen MR) is 143 cm³/mol. The van der Waals surface area contributed by atoms with Crippen LogP contribution in [0.25, 0.3) is 6.08 Å². The monoisotopic (exact) mass is 459 g/mol. The third-order valence-corrected chi connectivity index (χ3v) is 7.58. The first kappa shape index (κ1) is 24.5. The average Bonchev–Trinajstić information content (AvgIpc) is 2.90. The van der Waals surface area contributed by atoms with Gasteiger partial charge >= 0.3 is 0 Å². The highest BCUT2D eigenvalue weighted by molar-refractivity contribution is 5.94. The summed E-state index contributed by atoms with van der Waals surface area (Å²) in [6, 6.07) is 17.2. The first-order chi connectivity index (χ1) is 16.7. The Hall–Kier alpha value is -2.59. The van der Waals surface area contributed by atoms with Crippen molar-refractivity contribution < 1.29 is 4.79 Å². The molecule has 1 unspecified atom stereocenters. The van der Waals surface area contributed by atoms with E-state index < -0.39 is 0 Å². The lowest BCUT2D eigenvalue weighted by Crippen LogP contribution is -2.30. The van der Waals surface area contributed by atoms with Gasteiger partial charge in [-0.25, -0.2) is 0 Å². The summed E-state index contributed by atoms with van der Waals surface area (Å²) in [7, 11) is 0. The van der Waals surface area contributed by atoms with Crippen LogP contribution in [0.2, 0.25) is 0 Å². The number of rotatable bonds is 8. The Kier molecular flexibility index (Phi) is 8.81. The Morgan fingerprint density at radius 3 is 2.38 bits per heavy atom. The molecule has 2 aromatic carbocycles. The third kappa shape index (κ3) is 6.29. The molecule has 1 amide bonds. The maximum atomic E-state index is 12.6. The predicted octanol–water partition coefficient (Wildman–Crippen LogP) is 6.32. The summed E-state index contributed by atoms with van der Waals surface area (Å²) in [6.45, 7) is 8.62. The van der Waals surface area contributed by atoms with Crippen molar-refractivity contribution in [2.45, 2.75) is 58.3 Å². The summed E-state index contributed by atoms with van der Waals surface area (Å²) in [4.78, 5) is 14.5. The van der Waals surface area contributed by atoms with Crippen LogP contribution in [0, 0.1) is 5.92 Å². The van der Waals surface area contributed by atoms with E-state index in [2.05, 4.69) is 53.1 Å². The largest absolute Gasteiger partial charge is 0.385 e. The SMILES string of the molecule is CCN(CC)C(=O)c1ccc(C=C2CCNCC2c2ccc(NCC3CCCCC3)cc2)cc1. The number of nitrogens with one attached hydrogen (secondary N) is 2. The molecule has 34 heavy (non-hydrogen) atoms. The first-order valence-corrected chi connectivity index (χ1v) is 13.3. The van der Waals surface area contributed by atoms with Crippen LogP contribution < -0.4 is 10.6 Å². The maximum Gasteiger partial charge on any atom is 0.253 e. The van der Waals surface area contributed by atoms with Crippen LogP contribution in [0.5, 0.6) is 0 Å². The third-order valence-electron chi connectivity index (χ3n) is 7.58. The Labute approximate surface area is 205 Å². The Morgan fingerprint density at radius 1 is 1.00 bits per heavy atom. The minimum Gasteiger partial charge on any atom is -0.385 e. The zero-order chi connectivity index (χ0) is 23.8. The van der Waals surface area contributed by atoms with Crippen molar-refractivity contribution in [3.8, 4) is 0 Å². The van der Waals surface area contributed by atoms with E-state index in [0.29, 0.717) is 5.92 Å². The second kappa shape index (κ2) is 12.2. The number of benzene rings is 2. The minimum atomic E-state index is 0.112. The van der Waals surface area contributed by atoms with Crippen molar-refractivity contribution >= 4 is 17.7 Å². The first-order valence-electron chi connectivity index (χ1n) is 13.3. The number of anilines is 1. The Bertz CT molecular complexity index is 938. The van der Waals surface area contributed by atoms with Gasteiger partial charge in [0.25, 0.3) is 5.91 Å². The van der Waals surface area contributed by atoms with Crippen molar-refractivity contribution in [3.63, 3.8) is 0 Å². The summed E-state index contributed by atoms with van der Waals surface area (Å²) in [5.41, 5.74) is 6.00. The minimum absolute atomic E-state index is 0.112. The fourth-order valence-corrected chi connectivity index (χ4v) is 5.41. The number of carbonyl (C=O) groups is 1. The molecule has 1 saturated carbocycles. The van der Waals surface area contributed by atoms with Crippen LogP contribution in [-0.2, 0) is 0 Å². The van der Waals surface area contributed by atoms with E-state index in [1.165, 1.54) is 54.5 Å². The summed E-state index contributed by atoms with van der Waals surface area (Å²) < 4.78 is 0. The van der Waals surface area contributed by atoms with E-state index in [9.17, 15) is 4.79 Å². The molecule has 4 nitrogen and oxygen atoms in total. The van der Waals surface area contributed by atoms with Gasteiger partial charge in [0.1, 0.15) is 0 Å². The molecular weight excluding hydrogens is 418 g/mol. The molecule has 4 heteroatoms. The lowest BCUT2D eigenvalue weighted by molar-refractivity contribution is 0.0773. The van der Waals surface area contributed by atoms with Gasteiger partial charge in [0, 0.05) is 43.3 Å². The summed E-state index contributed by atoms with van der Waals surface area (Å²) in [5.74, 6) is 1.33. The van der Waals surface area contributed by atoms with E-state index in [4.69, 9.17) is 0 Å². The normalized spacial score (nSPS) is 20.3. The smallest absolute Gasteiger partial charge is 0.253 e. The van der Waals surface area contributed by atoms with Gasteiger partial charge in [-0.2, -0.15) is 0 Å². The van der Waals surface area contributed by atoms with Crippen LogP contribution in [0.3, 0.4) is 0 Å². The molecule has 1 atom stereocenters. The number of carbonyl (C=O) groups excluding carboxylic acids is 1. The number of hydrogen-bond donors (Lipinski definition) is 2. The number of piperidine rings is 1. The maximum absolute atomic E-state index is 12.6. The highest BCUT2D eigenvalue weighted by Crippen LogP contribution is 2.31. The van der Waals surface area contributed by atoms with E-state index >= 15 is 0 Å². The topological polar surface area (TPSA) is 44.4 Å². The molecule has 2 aliphatic rings. The fourth-order valence-electron chi connectivity index (χ4n) is 5.41. The van der Waals surface area contributed by atoms with Crippen LogP contribution in [0.1, 0.15) is 79.8 Å². The van der Waals surface area contributed by atoms with Crippen LogP contribution in [0.4, 0.5) is 5.69 Å². The molecule has 182 valence electrons. The molecule has 1 saturated heterocycles. The zero-order valence-corrected chi connectivity index (χ0v) is 21.0. The van der Waals surface area contributed by atoms with Crippen molar-refractivity contribution in [3.05, 3.63) is 70.8 Å². The van der Waals surface area contributed by atoms with Crippen LogP contribution in [0.15, 0.2) is 54.1 Å². The van der Waals surface area contributed by atoms with Gasteiger partial charge in [-0.05, 0) is 81.0 Å². The highest BCUT2D eigenvalue weighted by Gasteiger charge is 2.21. The molecule has 1 aliphatic heterocycles. The van der Waals surface area contributed by atoms with Gasteiger partial charge in [0.05, 0.1) is 0 Å². The van der Waals surface area contributed by atoms with Crippen LogP contribution in [-0.4, -0.2) is 43.5 Å². The molecule has 0 bridgehead atoms. The van der Waals surface area contributed by atoms with Gasteiger partial charge in [0.2, 0.25) is 0 Å². The zero-order valence-electron chi connectivity index (χ0n) is 21.0. The molecule has 0 spiro atoms. The van der Waals surface area contributed by atoms with Crippen molar-refractivity contribution in [1.29, 1.82) is 0 Å². The van der Waals surface area contributed by atoms with Gasteiger partial charge in [-0.1, -0.05) is 55.2 Å². The number of nitrogens with zero attached hydrogens (tertiary/aromatic N) is 1. The number of amides is 1. The molecule has 0 radical (unpaired) electrons. The van der Waals surface area contributed by atoms with Crippen molar-refractivity contribution in [1.82, 2.24) is 10.2 Å². The number of hydrogen-bond acceptors (Lipinski definition) is 3. The quantitative estimate of drug-likeness (QED) is 0.485. The fraction of sp³-hybridized carbons (Fsp3) is 0.500. The second-order valence-corrected chi connectivity index (χ2v) is 9.83.